The third kappa shape index (κ3) is 5.17. The van der Waals surface area contributed by atoms with Crippen LogP contribution in [-0.2, 0) is 6.42 Å². The Balaban J connectivity index is 1.57. The third-order valence-corrected chi connectivity index (χ3v) is 4.41. The van der Waals surface area contributed by atoms with E-state index in [1.807, 2.05) is 48.5 Å². The Morgan fingerprint density at radius 2 is 1.70 bits per heavy atom. The molecule has 2 N–H and O–H groups in total. The van der Waals surface area contributed by atoms with Gasteiger partial charge in [-0.15, -0.1) is 0 Å². The molecule has 1 heterocycles. The van der Waals surface area contributed by atoms with Crippen molar-refractivity contribution in [2.24, 2.45) is 0 Å². The van der Waals surface area contributed by atoms with E-state index in [4.69, 9.17) is 0 Å². The van der Waals surface area contributed by atoms with E-state index in [-0.39, 0.29) is 5.91 Å². The molecule has 0 aliphatic carbocycles. The molecule has 4 heteroatoms. The minimum atomic E-state index is -0.195. The number of anilines is 2. The number of aromatic nitrogens is 1. The largest absolute Gasteiger partial charge is 0.383 e. The van der Waals surface area contributed by atoms with Crippen molar-refractivity contribution in [2.75, 3.05) is 17.2 Å². The standard InChI is InChI=1S/C23H25N3O/c1-17(2)20-10-6-7-11-21(20)26-23(27)22-13-12-19(16-25-22)24-15-14-18-8-4-3-5-9-18/h3-13,16-17,24H,14-15H2,1-2H3,(H,26,27). The second-order valence-electron chi connectivity index (χ2n) is 6.79. The maximum absolute atomic E-state index is 12.5. The zero-order chi connectivity index (χ0) is 19.1. The van der Waals surface area contributed by atoms with Gasteiger partial charge < -0.3 is 10.6 Å². The summed E-state index contributed by atoms with van der Waals surface area (Å²) < 4.78 is 0. The summed E-state index contributed by atoms with van der Waals surface area (Å²) in [6.45, 7) is 5.04. The minimum absolute atomic E-state index is 0.195. The van der Waals surface area contributed by atoms with E-state index in [0.29, 0.717) is 11.6 Å². The molecule has 3 aromatic rings. The number of hydrogen-bond donors (Lipinski definition) is 2. The van der Waals surface area contributed by atoms with Gasteiger partial charge in [-0.25, -0.2) is 4.98 Å². The molecule has 138 valence electrons. The Morgan fingerprint density at radius 1 is 0.963 bits per heavy atom. The van der Waals surface area contributed by atoms with Crippen LogP contribution >= 0.6 is 0 Å². The van der Waals surface area contributed by atoms with Gasteiger partial charge in [-0.2, -0.15) is 0 Å². The number of rotatable bonds is 7. The van der Waals surface area contributed by atoms with Crippen LogP contribution in [0.4, 0.5) is 11.4 Å². The van der Waals surface area contributed by atoms with Crippen molar-refractivity contribution in [3.63, 3.8) is 0 Å². The molecule has 0 saturated heterocycles. The summed E-state index contributed by atoms with van der Waals surface area (Å²) in [5, 5.41) is 6.31. The lowest BCUT2D eigenvalue weighted by atomic mass is 10.0. The summed E-state index contributed by atoms with van der Waals surface area (Å²) in [6, 6.07) is 21.8. The van der Waals surface area contributed by atoms with Crippen LogP contribution in [-0.4, -0.2) is 17.4 Å². The van der Waals surface area contributed by atoms with Gasteiger partial charge in [-0.3, -0.25) is 4.79 Å². The molecule has 2 aromatic carbocycles. The number of benzene rings is 2. The fraction of sp³-hybridized carbons (Fsp3) is 0.217. The number of para-hydroxylation sites is 1. The molecule has 1 amide bonds. The van der Waals surface area contributed by atoms with Gasteiger partial charge in [0.05, 0.1) is 11.9 Å². The van der Waals surface area contributed by atoms with Crippen molar-refractivity contribution in [3.8, 4) is 0 Å². The van der Waals surface area contributed by atoms with Crippen LogP contribution in [0.3, 0.4) is 0 Å². The van der Waals surface area contributed by atoms with E-state index in [9.17, 15) is 4.79 Å². The Labute approximate surface area is 160 Å². The van der Waals surface area contributed by atoms with Gasteiger partial charge in [0.15, 0.2) is 0 Å². The first kappa shape index (κ1) is 18.6. The molecule has 0 radical (unpaired) electrons. The monoisotopic (exact) mass is 359 g/mol. The van der Waals surface area contributed by atoms with Crippen molar-refractivity contribution in [3.05, 3.63) is 89.7 Å². The van der Waals surface area contributed by atoms with E-state index < -0.39 is 0 Å². The van der Waals surface area contributed by atoms with E-state index >= 15 is 0 Å². The fourth-order valence-corrected chi connectivity index (χ4v) is 2.93. The molecule has 0 bridgehead atoms. The van der Waals surface area contributed by atoms with Gasteiger partial charge in [0.25, 0.3) is 5.91 Å². The van der Waals surface area contributed by atoms with Crippen LogP contribution in [0.1, 0.15) is 41.4 Å². The molecule has 0 aliphatic rings. The van der Waals surface area contributed by atoms with Crippen LogP contribution in [0.5, 0.6) is 0 Å². The third-order valence-electron chi connectivity index (χ3n) is 4.41. The zero-order valence-electron chi connectivity index (χ0n) is 15.8. The number of carbonyl (C=O) groups is 1. The van der Waals surface area contributed by atoms with E-state index in [1.165, 1.54) is 5.56 Å². The summed E-state index contributed by atoms with van der Waals surface area (Å²) in [5.74, 6) is 0.143. The number of amides is 1. The number of nitrogens with one attached hydrogen (secondary N) is 2. The first-order valence-corrected chi connectivity index (χ1v) is 9.27. The molecular formula is C23H25N3O. The van der Waals surface area contributed by atoms with Crippen molar-refractivity contribution < 1.29 is 4.79 Å². The Kier molecular flexibility index (Phi) is 6.21. The van der Waals surface area contributed by atoms with Crippen molar-refractivity contribution in [1.29, 1.82) is 0 Å². The van der Waals surface area contributed by atoms with Gasteiger partial charge in [0, 0.05) is 12.2 Å². The summed E-state index contributed by atoms with van der Waals surface area (Å²) in [5.41, 5.74) is 4.56. The molecule has 4 nitrogen and oxygen atoms in total. The van der Waals surface area contributed by atoms with Crippen LogP contribution in [0, 0.1) is 0 Å². The molecule has 0 aliphatic heterocycles. The average molecular weight is 359 g/mol. The Morgan fingerprint density at radius 3 is 2.41 bits per heavy atom. The maximum Gasteiger partial charge on any atom is 0.274 e. The van der Waals surface area contributed by atoms with Gasteiger partial charge in [-0.05, 0) is 41.7 Å². The van der Waals surface area contributed by atoms with Crippen molar-refractivity contribution in [2.45, 2.75) is 26.2 Å². The number of pyridine rings is 1. The van der Waals surface area contributed by atoms with Crippen LogP contribution in [0.25, 0.3) is 0 Å². The van der Waals surface area contributed by atoms with Gasteiger partial charge in [0.1, 0.15) is 5.69 Å². The second-order valence-corrected chi connectivity index (χ2v) is 6.79. The number of hydrogen-bond acceptors (Lipinski definition) is 3. The van der Waals surface area contributed by atoms with Crippen LogP contribution < -0.4 is 10.6 Å². The summed E-state index contributed by atoms with van der Waals surface area (Å²) in [4.78, 5) is 16.8. The molecule has 27 heavy (non-hydrogen) atoms. The van der Waals surface area contributed by atoms with E-state index in [0.717, 1.165) is 29.9 Å². The van der Waals surface area contributed by atoms with Crippen LogP contribution in [0.2, 0.25) is 0 Å². The topological polar surface area (TPSA) is 54.0 Å². The Bertz CT molecular complexity index is 874. The Hall–Kier alpha value is -3.14. The van der Waals surface area contributed by atoms with Crippen molar-refractivity contribution >= 4 is 17.3 Å². The lowest BCUT2D eigenvalue weighted by Gasteiger charge is -2.13. The molecule has 0 saturated carbocycles. The average Bonchev–Trinajstić information content (AvgIpc) is 2.69. The molecule has 0 atom stereocenters. The maximum atomic E-state index is 12.5. The molecule has 1 aromatic heterocycles. The predicted molar refractivity (Wildman–Crippen MR) is 111 cm³/mol. The predicted octanol–water partition coefficient (Wildman–Crippen LogP) is 5.11. The molecule has 3 rings (SSSR count). The smallest absolute Gasteiger partial charge is 0.274 e. The summed E-state index contributed by atoms with van der Waals surface area (Å²) in [7, 11) is 0. The lowest BCUT2D eigenvalue weighted by Crippen LogP contribution is -2.15. The second kappa shape index (κ2) is 8.99. The van der Waals surface area contributed by atoms with Crippen LogP contribution in [0.15, 0.2) is 72.9 Å². The first-order chi connectivity index (χ1) is 13.1. The highest BCUT2D eigenvalue weighted by molar-refractivity contribution is 6.03. The number of carbonyl (C=O) groups excluding carboxylic acids is 1. The molecule has 0 unspecified atom stereocenters. The van der Waals surface area contributed by atoms with Crippen molar-refractivity contribution in [1.82, 2.24) is 4.98 Å². The fourth-order valence-electron chi connectivity index (χ4n) is 2.93. The normalized spacial score (nSPS) is 10.6. The first-order valence-electron chi connectivity index (χ1n) is 9.27. The molecular weight excluding hydrogens is 334 g/mol. The SMILES string of the molecule is CC(C)c1ccccc1NC(=O)c1ccc(NCCc2ccccc2)cn1. The van der Waals surface area contributed by atoms with Gasteiger partial charge in [0.2, 0.25) is 0 Å². The lowest BCUT2D eigenvalue weighted by molar-refractivity contribution is 0.102. The highest BCUT2D eigenvalue weighted by atomic mass is 16.1. The van der Waals surface area contributed by atoms with Gasteiger partial charge >= 0.3 is 0 Å². The molecule has 0 spiro atoms. The summed E-state index contributed by atoms with van der Waals surface area (Å²) >= 11 is 0. The zero-order valence-corrected chi connectivity index (χ0v) is 15.8. The quantitative estimate of drug-likeness (QED) is 0.616. The summed E-state index contributed by atoms with van der Waals surface area (Å²) in [6.07, 6.45) is 2.64. The molecule has 0 fully saturated rings. The van der Waals surface area contributed by atoms with Gasteiger partial charge in [-0.1, -0.05) is 62.4 Å². The van der Waals surface area contributed by atoms with E-state index in [2.05, 4.69) is 41.6 Å². The number of nitrogens with zero attached hydrogens (tertiary/aromatic N) is 1. The highest BCUT2D eigenvalue weighted by Gasteiger charge is 2.11. The minimum Gasteiger partial charge on any atom is -0.383 e. The van der Waals surface area contributed by atoms with E-state index in [1.54, 1.807) is 12.3 Å². The highest BCUT2D eigenvalue weighted by Crippen LogP contribution is 2.24.